The van der Waals surface area contributed by atoms with Gasteiger partial charge in [-0.05, 0) is 66.7 Å². The Balaban J connectivity index is 2.03. The van der Waals surface area contributed by atoms with E-state index in [1.165, 1.54) is 5.56 Å². The second kappa shape index (κ2) is 6.44. The fourth-order valence-corrected chi connectivity index (χ4v) is 5.06. The molecular formula is C20H28N4O. The maximum atomic E-state index is 10.4. The number of nitriles is 1. The molecule has 0 radical (unpaired) electrons. The number of aliphatic hydroxyl groups is 1. The van der Waals surface area contributed by atoms with Gasteiger partial charge in [0.15, 0.2) is 0 Å². The number of rotatable bonds is 3. The first-order valence-electron chi connectivity index (χ1n) is 9.08. The maximum absolute atomic E-state index is 10.4. The van der Waals surface area contributed by atoms with Crippen LogP contribution >= 0.6 is 0 Å². The van der Waals surface area contributed by atoms with Gasteiger partial charge in [-0.3, -0.25) is 5.41 Å². The van der Waals surface area contributed by atoms with Crippen molar-refractivity contribution < 1.29 is 5.11 Å². The van der Waals surface area contributed by atoms with Crippen molar-refractivity contribution in [1.82, 2.24) is 5.32 Å². The standard InChI is InChI=1S/C20H28N4O/c1-11-7-20(8-12(2)17(11)25)9-15-5-4-14(10-21)6-16(15)18(20)24-13(3)19(22)23/h4-6,11-13,17-18,24-25H,7-9H2,1-3H3,(H3,22,23)/t11-,12+,13?,17?,18-,20?/m1/s1. The van der Waals surface area contributed by atoms with Crippen LogP contribution in [0.1, 0.15) is 56.3 Å². The van der Waals surface area contributed by atoms with E-state index in [2.05, 4.69) is 31.3 Å². The van der Waals surface area contributed by atoms with E-state index in [-0.39, 0.29) is 41.3 Å². The van der Waals surface area contributed by atoms with Crippen LogP contribution < -0.4 is 11.1 Å². The highest BCUT2D eigenvalue weighted by atomic mass is 16.3. The predicted octanol–water partition coefficient (Wildman–Crippen LogP) is 2.48. The summed E-state index contributed by atoms with van der Waals surface area (Å²) in [6, 6.07) is 7.99. The van der Waals surface area contributed by atoms with Crippen LogP contribution in [0.25, 0.3) is 0 Å². The summed E-state index contributed by atoms with van der Waals surface area (Å²) in [6.07, 6.45) is 2.53. The van der Waals surface area contributed by atoms with Crippen molar-refractivity contribution in [3.63, 3.8) is 0 Å². The maximum Gasteiger partial charge on any atom is 0.108 e. The first-order chi connectivity index (χ1) is 11.8. The molecule has 0 aromatic heterocycles. The zero-order valence-corrected chi connectivity index (χ0v) is 15.2. The number of hydrogen-bond donors (Lipinski definition) is 4. The third-order valence-electron chi connectivity index (χ3n) is 6.25. The molecule has 5 nitrogen and oxygen atoms in total. The van der Waals surface area contributed by atoms with Gasteiger partial charge in [-0.1, -0.05) is 19.9 Å². The van der Waals surface area contributed by atoms with Crippen LogP contribution in [0.15, 0.2) is 18.2 Å². The van der Waals surface area contributed by atoms with Gasteiger partial charge < -0.3 is 16.2 Å². The summed E-state index contributed by atoms with van der Waals surface area (Å²) in [5.74, 6) is 0.577. The second-order valence-corrected chi connectivity index (χ2v) is 8.19. The minimum atomic E-state index is -0.269. The number of hydrogen-bond acceptors (Lipinski definition) is 4. The largest absolute Gasteiger partial charge is 0.393 e. The van der Waals surface area contributed by atoms with Crippen LogP contribution in [0.3, 0.4) is 0 Å². The molecule has 0 heterocycles. The molecule has 134 valence electrons. The Morgan fingerprint density at radius 2 is 2.04 bits per heavy atom. The summed E-state index contributed by atoms with van der Waals surface area (Å²) in [5, 5.41) is 31.0. The van der Waals surface area contributed by atoms with Crippen molar-refractivity contribution in [2.45, 2.75) is 58.2 Å². The first-order valence-corrected chi connectivity index (χ1v) is 9.08. The van der Waals surface area contributed by atoms with Gasteiger partial charge in [0.1, 0.15) is 5.84 Å². The molecule has 25 heavy (non-hydrogen) atoms. The molecule has 1 fully saturated rings. The van der Waals surface area contributed by atoms with Crippen LogP contribution in [-0.4, -0.2) is 23.1 Å². The lowest BCUT2D eigenvalue weighted by Crippen LogP contribution is -2.50. The van der Waals surface area contributed by atoms with E-state index in [9.17, 15) is 10.4 Å². The van der Waals surface area contributed by atoms with E-state index >= 15 is 0 Å². The lowest BCUT2D eigenvalue weighted by atomic mass is 9.61. The topological polar surface area (TPSA) is 106 Å². The molecule has 5 heteroatoms. The van der Waals surface area contributed by atoms with Gasteiger partial charge in [-0.25, -0.2) is 0 Å². The van der Waals surface area contributed by atoms with Crippen molar-refractivity contribution in [2.24, 2.45) is 23.0 Å². The van der Waals surface area contributed by atoms with E-state index in [1.807, 2.05) is 19.1 Å². The lowest BCUT2D eigenvalue weighted by Gasteiger charge is -2.47. The van der Waals surface area contributed by atoms with E-state index in [0.717, 1.165) is 24.8 Å². The van der Waals surface area contributed by atoms with Crippen molar-refractivity contribution in [3.8, 4) is 6.07 Å². The van der Waals surface area contributed by atoms with E-state index < -0.39 is 0 Å². The van der Waals surface area contributed by atoms with Crippen molar-refractivity contribution in [2.75, 3.05) is 0 Å². The third kappa shape index (κ3) is 3.05. The van der Waals surface area contributed by atoms with E-state index in [0.29, 0.717) is 5.56 Å². The molecule has 2 aliphatic rings. The Bertz CT molecular complexity index is 711. The molecule has 1 saturated carbocycles. The number of nitrogens with zero attached hydrogens (tertiary/aromatic N) is 1. The van der Waals surface area contributed by atoms with Gasteiger partial charge in [0.2, 0.25) is 0 Å². The fraction of sp³-hybridized carbons (Fsp3) is 0.600. The fourth-order valence-electron chi connectivity index (χ4n) is 5.06. The van der Waals surface area contributed by atoms with Crippen LogP contribution in [0.4, 0.5) is 0 Å². The van der Waals surface area contributed by atoms with Crippen LogP contribution in [0.2, 0.25) is 0 Å². The monoisotopic (exact) mass is 340 g/mol. The van der Waals surface area contributed by atoms with E-state index in [1.54, 1.807) is 0 Å². The van der Waals surface area contributed by atoms with Gasteiger partial charge >= 0.3 is 0 Å². The Labute approximate surface area is 149 Å². The minimum Gasteiger partial charge on any atom is -0.393 e. The number of nitrogens with one attached hydrogen (secondary N) is 2. The summed E-state index contributed by atoms with van der Waals surface area (Å²) >= 11 is 0. The Kier molecular flexibility index (Phi) is 4.61. The molecule has 0 aliphatic heterocycles. The molecule has 0 saturated heterocycles. The zero-order chi connectivity index (χ0) is 18.4. The van der Waals surface area contributed by atoms with E-state index in [4.69, 9.17) is 11.1 Å². The molecule has 1 aromatic rings. The van der Waals surface area contributed by atoms with Gasteiger partial charge in [-0.15, -0.1) is 0 Å². The molecule has 1 spiro atoms. The molecule has 6 atom stereocenters. The summed E-state index contributed by atoms with van der Waals surface area (Å²) in [7, 11) is 0. The van der Waals surface area contributed by atoms with Crippen molar-refractivity contribution in [3.05, 3.63) is 34.9 Å². The summed E-state index contributed by atoms with van der Waals surface area (Å²) in [5.41, 5.74) is 8.80. The van der Waals surface area contributed by atoms with Gasteiger partial charge in [0, 0.05) is 6.04 Å². The quantitative estimate of drug-likeness (QED) is 0.501. The number of aliphatic hydroxyl groups excluding tert-OH is 1. The van der Waals surface area contributed by atoms with Crippen LogP contribution in [0, 0.1) is 34.0 Å². The molecular weight excluding hydrogens is 312 g/mol. The highest BCUT2D eigenvalue weighted by Crippen LogP contribution is 2.56. The van der Waals surface area contributed by atoms with Crippen LogP contribution in [0.5, 0.6) is 0 Å². The highest BCUT2D eigenvalue weighted by Gasteiger charge is 2.51. The predicted molar refractivity (Wildman–Crippen MR) is 98.1 cm³/mol. The average molecular weight is 340 g/mol. The molecule has 0 amide bonds. The number of nitrogens with two attached hydrogens (primary N) is 1. The Morgan fingerprint density at radius 3 is 2.60 bits per heavy atom. The smallest absolute Gasteiger partial charge is 0.108 e. The first kappa shape index (κ1) is 17.9. The van der Waals surface area contributed by atoms with Gasteiger partial charge in [-0.2, -0.15) is 5.26 Å². The van der Waals surface area contributed by atoms with Crippen molar-refractivity contribution in [1.29, 1.82) is 10.7 Å². The SMILES string of the molecule is CC(N[C@@H]1c2cc(C#N)ccc2CC12C[C@@H](C)C(O)[C@@H](C)C2)C(=N)N. The third-order valence-corrected chi connectivity index (χ3v) is 6.25. The normalized spacial score (nSPS) is 35.2. The Hall–Kier alpha value is -1.90. The molecule has 5 N–H and O–H groups in total. The molecule has 3 unspecified atom stereocenters. The number of benzene rings is 1. The summed E-state index contributed by atoms with van der Waals surface area (Å²) in [6.45, 7) is 6.15. The van der Waals surface area contributed by atoms with Gasteiger partial charge in [0.05, 0.1) is 23.8 Å². The summed E-state index contributed by atoms with van der Waals surface area (Å²) in [4.78, 5) is 0. The Morgan fingerprint density at radius 1 is 1.40 bits per heavy atom. The van der Waals surface area contributed by atoms with Crippen LogP contribution in [-0.2, 0) is 6.42 Å². The van der Waals surface area contributed by atoms with Gasteiger partial charge in [0.25, 0.3) is 0 Å². The zero-order valence-electron chi connectivity index (χ0n) is 15.2. The number of amidine groups is 1. The molecule has 3 rings (SSSR count). The highest BCUT2D eigenvalue weighted by molar-refractivity contribution is 5.82. The molecule has 2 aliphatic carbocycles. The number of fused-ring (bicyclic) bond motifs is 1. The lowest BCUT2D eigenvalue weighted by molar-refractivity contribution is -0.0383. The average Bonchev–Trinajstić information content (AvgIpc) is 2.84. The summed E-state index contributed by atoms with van der Waals surface area (Å²) < 4.78 is 0. The molecule has 0 bridgehead atoms. The minimum absolute atomic E-state index is 0.00180. The second-order valence-electron chi connectivity index (χ2n) is 8.19. The van der Waals surface area contributed by atoms with Crippen molar-refractivity contribution >= 4 is 5.84 Å². The molecule has 1 aromatic carbocycles.